The lowest BCUT2D eigenvalue weighted by Gasteiger charge is -2.08. The Morgan fingerprint density at radius 2 is 1.94 bits per heavy atom. The van der Waals surface area contributed by atoms with Gasteiger partial charge >= 0.3 is 0 Å². The minimum absolute atomic E-state index is 0.258. The number of hydrogen-bond donors (Lipinski definition) is 1. The summed E-state index contributed by atoms with van der Waals surface area (Å²) in [4.78, 5) is 19.7. The number of hydrogen-bond acceptors (Lipinski definition) is 3. The van der Waals surface area contributed by atoms with Crippen LogP contribution in [0.5, 0.6) is 0 Å². The molecule has 1 amide bonds. The highest BCUT2D eigenvalue weighted by Crippen LogP contribution is 2.17. The molecule has 0 radical (unpaired) electrons. The van der Waals surface area contributed by atoms with Crippen LogP contribution < -0.4 is 5.32 Å². The maximum atomic E-state index is 11.9. The third-order valence-electron chi connectivity index (χ3n) is 2.29. The van der Waals surface area contributed by atoms with Crippen LogP contribution in [0, 0.1) is 6.92 Å². The number of anilines is 1. The molecule has 0 saturated heterocycles. The lowest BCUT2D eigenvalue weighted by molar-refractivity contribution is 0.102. The fourth-order valence-corrected chi connectivity index (χ4v) is 1.57. The van der Waals surface area contributed by atoms with E-state index < -0.39 is 0 Å². The third kappa shape index (κ3) is 2.60. The molecule has 2 aromatic rings. The topological polar surface area (TPSA) is 54.9 Å². The fraction of sp³-hybridized carbons (Fsp3) is 0.0833. The second kappa shape index (κ2) is 4.93. The molecule has 0 fully saturated rings. The molecule has 0 aliphatic rings. The fourth-order valence-electron chi connectivity index (χ4n) is 1.36. The van der Waals surface area contributed by atoms with Gasteiger partial charge < -0.3 is 5.32 Å². The third-order valence-corrected chi connectivity index (χ3v) is 2.59. The molecule has 0 spiro atoms. The van der Waals surface area contributed by atoms with Gasteiger partial charge in [0.05, 0.1) is 10.6 Å². The number of carbonyl (C=O) groups is 1. The van der Waals surface area contributed by atoms with Crippen LogP contribution in [0.3, 0.4) is 0 Å². The van der Waals surface area contributed by atoms with Gasteiger partial charge in [-0.05, 0) is 24.6 Å². The van der Waals surface area contributed by atoms with E-state index in [2.05, 4.69) is 15.3 Å². The molecule has 5 heteroatoms. The van der Waals surface area contributed by atoms with E-state index >= 15 is 0 Å². The summed E-state index contributed by atoms with van der Waals surface area (Å²) in [6.45, 7) is 1.87. The van der Waals surface area contributed by atoms with Gasteiger partial charge in [-0.1, -0.05) is 11.6 Å². The number of pyridine rings is 2. The standard InChI is InChI=1S/C12H10ClN3O/c1-8-6-14-5-3-11(8)16-12(17)9-2-4-15-7-10(9)13/h2-7H,1H3,(H,14,16,17). The van der Waals surface area contributed by atoms with Crippen LogP contribution in [0.4, 0.5) is 5.69 Å². The maximum Gasteiger partial charge on any atom is 0.257 e. The summed E-state index contributed by atoms with van der Waals surface area (Å²) in [7, 11) is 0. The van der Waals surface area contributed by atoms with Crippen molar-refractivity contribution < 1.29 is 4.79 Å². The molecule has 86 valence electrons. The number of nitrogens with one attached hydrogen (secondary N) is 1. The zero-order valence-corrected chi connectivity index (χ0v) is 9.90. The zero-order valence-electron chi connectivity index (χ0n) is 9.14. The van der Waals surface area contributed by atoms with Gasteiger partial charge in [-0.3, -0.25) is 14.8 Å². The molecule has 0 atom stereocenters. The van der Waals surface area contributed by atoms with Crippen molar-refractivity contribution in [1.82, 2.24) is 9.97 Å². The molecule has 0 unspecified atom stereocenters. The van der Waals surface area contributed by atoms with Gasteiger partial charge in [0, 0.05) is 30.5 Å². The van der Waals surface area contributed by atoms with E-state index in [4.69, 9.17) is 11.6 Å². The maximum absolute atomic E-state index is 11.9. The summed E-state index contributed by atoms with van der Waals surface area (Å²) in [5, 5.41) is 3.11. The van der Waals surface area contributed by atoms with E-state index in [-0.39, 0.29) is 5.91 Å². The Hall–Kier alpha value is -1.94. The zero-order chi connectivity index (χ0) is 12.3. The number of rotatable bonds is 2. The highest BCUT2D eigenvalue weighted by atomic mass is 35.5. The monoisotopic (exact) mass is 247 g/mol. The predicted molar refractivity (Wildman–Crippen MR) is 66.2 cm³/mol. The number of halogens is 1. The first kappa shape index (κ1) is 11.5. The van der Waals surface area contributed by atoms with Crippen LogP contribution in [0.15, 0.2) is 36.9 Å². The van der Waals surface area contributed by atoms with Crippen LogP contribution in [-0.2, 0) is 0 Å². The van der Waals surface area contributed by atoms with E-state index in [1.807, 2.05) is 6.92 Å². The molecule has 17 heavy (non-hydrogen) atoms. The van der Waals surface area contributed by atoms with Crippen LogP contribution >= 0.6 is 11.6 Å². The summed E-state index contributed by atoms with van der Waals surface area (Å²) in [6, 6.07) is 3.32. The Morgan fingerprint density at radius 1 is 1.24 bits per heavy atom. The molecule has 0 aliphatic heterocycles. The van der Waals surface area contributed by atoms with Crippen molar-refractivity contribution in [3.8, 4) is 0 Å². The highest BCUT2D eigenvalue weighted by Gasteiger charge is 2.10. The lowest BCUT2D eigenvalue weighted by atomic mass is 10.2. The predicted octanol–water partition coefficient (Wildman–Crippen LogP) is 2.69. The van der Waals surface area contributed by atoms with Gasteiger partial charge in [0.25, 0.3) is 5.91 Å². The average molecular weight is 248 g/mol. The number of aromatic nitrogens is 2. The minimum Gasteiger partial charge on any atom is -0.322 e. The second-order valence-electron chi connectivity index (χ2n) is 3.50. The number of nitrogens with zero attached hydrogens (tertiary/aromatic N) is 2. The summed E-state index contributed by atoms with van der Waals surface area (Å²) >= 11 is 5.89. The molecule has 0 aliphatic carbocycles. The summed E-state index contributed by atoms with van der Waals surface area (Å²) in [6.07, 6.45) is 6.27. The first-order valence-electron chi connectivity index (χ1n) is 5.00. The summed E-state index contributed by atoms with van der Waals surface area (Å²) in [5.74, 6) is -0.258. The Morgan fingerprint density at radius 3 is 2.65 bits per heavy atom. The van der Waals surface area contributed by atoms with E-state index in [9.17, 15) is 4.79 Å². The molecule has 0 bridgehead atoms. The first-order valence-corrected chi connectivity index (χ1v) is 5.38. The van der Waals surface area contributed by atoms with Gasteiger partial charge in [-0.15, -0.1) is 0 Å². The van der Waals surface area contributed by atoms with Crippen LogP contribution in [0.2, 0.25) is 5.02 Å². The van der Waals surface area contributed by atoms with Gasteiger partial charge in [0.2, 0.25) is 0 Å². The molecular weight excluding hydrogens is 238 g/mol. The normalized spacial score (nSPS) is 10.0. The Kier molecular flexibility index (Phi) is 3.35. The summed E-state index contributed by atoms with van der Waals surface area (Å²) in [5.41, 5.74) is 2.02. The first-order chi connectivity index (χ1) is 8.18. The minimum atomic E-state index is -0.258. The van der Waals surface area contributed by atoms with Gasteiger partial charge in [0.1, 0.15) is 0 Å². The molecule has 0 aromatic carbocycles. The van der Waals surface area contributed by atoms with Crippen molar-refractivity contribution in [2.45, 2.75) is 6.92 Å². The van der Waals surface area contributed by atoms with Crippen molar-refractivity contribution in [2.24, 2.45) is 0 Å². The molecule has 2 aromatic heterocycles. The largest absolute Gasteiger partial charge is 0.322 e. The van der Waals surface area contributed by atoms with Gasteiger partial charge in [0.15, 0.2) is 0 Å². The van der Waals surface area contributed by atoms with Crippen LogP contribution in [0.25, 0.3) is 0 Å². The molecule has 4 nitrogen and oxygen atoms in total. The molecule has 2 rings (SSSR count). The van der Waals surface area contributed by atoms with E-state index in [1.165, 1.54) is 12.4 Å². The van der Waals surface area contributed by atoms with Crippen molar-refractivity contribution >= 4 is 23.2 Å². The van der Waals surface area contributed by atoms with Crippen LogP contribution in [0.1, 0.15) is 15.9 Å². The molecule has 1 N–H and O–H groups in total. The highest BCUT2D eigenvalue weighted by molar-refractivity contribution is 6.34. The van der Waals surface area contributed by atoms with Crippen molar-refractivity contribution in [2.75, 3.05) is 5.32 Å². The Bertz CT molecular complexity index is 557. The van der Waals surface area contributed by atoms with Crippen LogP contribution in [-0.4, -0.2) is 15.9 Å². The van der Waals surface area contributed by atoms with E-state index in [1.54, 1.807) is 24.5 Å². The number of carbonyl (C=O) groups excluding carboxylic acids is 1. The van der Waals surface area contributed by atoms with Crippen molar-refractivity contribution in [3.05, 3.63) is 53.1 Å². The smallest absolute Gasteiger partial charge is 0.257 e. The van der Waals surface area contributed by atoms with E-state index in [0.717, 1.165) is 11.3 Å². The average Bonchev–Trinajstić information content (AvgIpc) is 2.32. The quantitative estimate of drug-likeness (QED) is 0.888. The Balaban J connectivity index is 2.24. The summed E-state index contributed by atoms with van der Waals surface area (Å²) < 4.78 is 0. The number of amides is 1. The van der Waals surface area contributed by atoms with Gasteiger partial charge in [-0.25, -0.2) is 0 Å². The molecule has 0 saturated carbocycles. The van der Waals surface area contributed by atoms with Crippen molar-refractivity contribution in [1.29, 1.82) is 0 Å². The number of aryl methyl sites for hydroxylation is 1. The van der Waals surface area contributed by atoms with Gasteiger partial charge in [-0.2, -0.15) is 0 Å². The Labute approximate surface area is 104 Å². The van der Waals surface area contributed by atoms with Crippen molar-refractivity contribution in [3.63, 3.8) is 0 Å². The van der Waals surface area contributed by atoms with E-state index in [0.29, 0.717) is 10.6 Å². The molecular formula is C12H10ClN3O. The second-order valence-corrected chi connectivity index (χ2v) is 3.91. The lowest BCUT2D eigenvalue weighted by Crippen LogP contribution is -2.13. The molecule has 2 heterocycles. The SMILES string of the molecule is Cc1cnccc1NC(=O)c1ccncc1Cl.